The fourth-order valence-electron chi connectivity index (χ4n) is 2.15. The maximum Gasteiger partial charge on any atom is 0.136 e. The molecule has 0 aliphatic heterocycles. The van der Waals surface area contributed by atoms with E-state index in [1.807, 2.05) is 20.8 Å². The Hall–Kier alpha value is -0.510. The third kappa shape index (κ3) is 2.84. The third-order valence-corrected chi connectivity index (χ3v) is 4.80. The molecule has 0 aromatic heterocycles. The van der Waals surface area contributed by atoms with Gasteiger partial charge in [-0.25, -0.2) is 0 Å². The first-order valence-corrected chi connectivity index (χ1v) is 7.30. The van der Waals surface area contributed by atoms with Gasteiger partial charge in [-0.15, -0.1) is 4.72 Å². The van der Waals surface area contributed by atoms with E-state index < -0.39 is 11.4 Å². The molecule has 0 amide bonds. The predicted octanol–water partition coefficient (Wildman–Crippen LogP) is 3.03. The first-order chi connectivity index (χ1) is 7.88. The molecule has 0 bridgehead atoms. The van der Waals surface area contributed by atoms with Crippen LogP contribution in [-0.4, -0.2) is 9.30 Å². The Labute approximate surface area is 107 Å². The number of hydrogen-bond donors (Lipinski definition) is 1. The SMILES string of the molecule is Cc1ccc2c(c1)[C@H](N[S@+]([O-])C(C)(C)C)CC2. The van der Waals surface area contributed by atoms with Crippen LogP contribution in [0, 0.1) is 6.92 Å². The highest BCUT2D eigenvalue weighted by molar-refractivity contribution is 7.90. The van der Waals surface area contributed by atoms with Crippen molar-refractivity contribution in [2.24, 2.45) is 0 Å². The lowest BCUT2D eigenvalue weighted by molar-refractivity contribution is 0.522. The minimum absolute atomic E-state index is 0.202. The largest absolute Gasteiger partial charge is 0.598 e. The van der Waals surface area contributed by atoms with Crippen LogP contribution in [0.4, 0.5) is 0 Å². The maximum atomic E-state index is 12.1. The monoisotopic (exact) mass is 251 g/mol. The first kappa shape index (κ1) is 12.9. The summed E-state index contributed by atoms with van der Waals surface area (Å²) in [5.41, 5.74) is 4.01. The number of hydrogen-bond acceptors (Lipinski definition) is 2. The molecule has 0 spiro atoms. The van der Waals surface area contributed by atoms with Crippen LogP contribution in [0.15, 0.2) is 18.2 Å². The Kier molecular flexibility index (Phi) is 3.53. The molecule has 2 rings (SSSR count). The highest BCUT2D eigenvalue weighted by Crippen LogP contribution is 2.33. The summed E-state index contributed by atoms with van der Waals surface area (Å²) in [6.07, 6.45) is 2.15. The fraction of sp³-hybridized carbons (Fsp3) is 0.571. The standard InChI is InChI=1S/C14H21NOS/c1-10-5-6-11-7-8-13(12(11)9-10)15-17(16)14(2,3)4/h5-6,9,13,15H,7-8H2,1-4H3/t13-,17-/m1/s1. The van der Waals surface area contributed by atoms with Crippen molar-refractivity contribution in [1.82, 2.24) is 4.72 Å². The lowest BCUT2D eigenvalue weighted by Crippen LogP contribution is -2.40. The van der Waals surface area contributed by atoms with Crippen LogP contribution in [0.5, 0.6) is 0 Å². The Morgan fingerprint density at radius 3 is 2.71 bits per heavy atom. The highest BCUT2D eigenvalue weighted by atomic mass is 32.2. The summed E-state index contributed by atoms with van der Waals surface area (Å²) in [7, 11) is 0. The van der Waals surface area contributed by atoms with E-state index in [-0.39, 0.29) is 10.8 Å². The molecule has 2 nitrogen and oxygen atoms in total. The molecular formula is C14H21NOS. The van der Waals surface area contributed by atoms with Gasteiger partial charge in [-0.05, 0) is 51.7 Å². The molecule has 0 unspecified atom stereocenters. The van der Waals surface area contributed by atoms with Gasteiger partial charge in [0.1, 0.15) is 4.75 Å². The number of fused-ring (bicyclic) bond motifs is 1. The minimum Gasteiger partial charge on any atom is -0.598 e. The first-order valence-electron chi connectivity index (χ1n) is 6.15. The topological polar surface area (TPSA) is 35.1 Å². The smallest absolute Gasteiger partial charge is 0.136 e. The van der Waals surface area contributed by atoms with Crippen molar-refractivity contribution in [3.8, 4) is 0 Å². The zero-order valence-electron chi connectivity index (χ0n) is 11.0. The van der Waals surface area contributed by atoms with E-state index in [4.69, 9.17) is 0 Å². The van der Waals surface area contributed by atoms with Crippen molar-refractivity contribution in [3.63, 3.8) is 0 Å². The van der Waals surface area contributed by atoms with E-state index in [2.05, 4.69) is 29.8 Å². The van der Waals surface area contributed by atoms with Crippen LogP contribution in [0.1, 0.15) is 49.9 Å². The molecule has 17 heavy (non-hydrogen) atoms. The van der Waals surface area contributed by atoms with Gasteiger partial charge >= 0.3 is 0 Å². The van der Waals surface area contributed by atoms with E-state index in [1.54, 1.807) is 0 Å². The zero-order chi connectivity index (χ0) is 12.6. The van der Waals surface area contributed by atoms with Crippen LogP contribution in [0.2, 0.25) is 0 Å². The van der Waals surface area contributed by atoms with Crippen molar-refractivity contribution in [1.29, 1.82) is 0 Å². The van der Waals surface area contributed by atoms with E-state index in [0.29, 0.717) is 0 Å². The van der Waals surface area contributed by atoms with Crippen LogP contribution in [0.3, 0.4) is 0 Å². The van der Waals surface area contributed by atoms with Gasteiger partial charge in [-0.2, -0.15) is 0 Å². The van der Waals surface area contributed by atoms with Gasteiger partial charge < -0.3 is 4.55 Å². The predicted molar refractivity (Wildman–Crippen MR) is 73.3 cm³/mol. The molecule has 0 saturated carbocycles. The van der Waals surface area contributed by atoms with E-state index in [0.717, 1.165) is 12.8 Å². The molecule has 0 saturated heterocycles. The molecule has 94 valence electrons. The average molecular weight is 251 g/mol. The van der Waals surface area contributed by atoms with Gasteiger partial charge in [0.2, 0.25) is 0 Å². The quantitative estimate of drug-likeness (QED) is 0.820. The zero-order valence-corrected chi connectivity index (χ0v) is 11.9. The Balaban J connectivity index is 2.14. The summed E-state index contributed by atoms with van der Waals surface area (Å²) in [5, 5.41) is 0. The number of rotatable bonds is 2. The lowest BCUT2D eigenvalue weighted by atomic mass is 10.1. The molecule has 2 atom stereocenters. The molecule has 1 aliphatic rings. The molecular weight excluding hydrogens is 230 g/mol. The normalized spacial score (nSPS) is 21.4. The molecule has 0 radical (unpaired) electrons. The molecule has 1 aromatic carbocycles. The Morgan fingerprint density at radius 1 is 1.35 bits per heavy atom. The third-order valence-electron chi connectivity index (χ3n) is 3.18. The molecule has 0 fully saturated rings. The second-order valence-corrected chi connectivity index (χ2v) is 7.79. The molecule has 3 heteroatoms. The Morgan fingerprint density at radius 2 is 2.06 bits per heavy atom. The van der Waals surface area contributed by atoms with Crippen LogP contribution < -0.4 is 4.72 Å². The lowest BCUT2D eigenvalue weighted by Gasteiger charge is -2.26. The van der Waals surface area contributed by atoms with Gasteiger partial charge in [-0.3, -0.25) is 0 Å². The molecule has 1 N–H and O–H groups in total. The average Bonchev–Trinajstić information content (AvgIpc) is 2.60. The van der Waals surface area contributed by atoms with Crippen LogP contribution in [-0.2, 0) is 17.8 Å². The van der Waals surface area contributed by atoms with Gasteiger partial charge in [0.15, 0.2) is 0 Å². The van der Waals surface area contributed by atoms with Crippen LogP contribution in [0.25, 0.3) is 0 Å². The van der Waals surface area contributed by atoms with E-state index in [9.17, 15) is 4.55 Å². The van der Waals surface area contributed by atoms with E-state index >= 15 is 0 Å². The van der Waals surface area contributed by atoms with Gasteiger partial charge in [0.05, 0.1) is 6.04 Å². The summed E-state index contributed by atoms with van der Waals surface area (Å²) in [5.74, 6) is 0. The van der Waals surface area contributed by atoms with Crippen molar-refractivity contribution in [2.45, 2.75) is 51.3 Å². The highest BCUT2D eigenvalue weighted by Gasteiger charge is 2.32. The van der Waals surface area contributed by atoms with Crippen molar-refractivity contribution in [3.05, 3.63) is 34.9 Å². The van der Waals surface area contributed by atoms with Crippen LogP contribution >= 0.6 is 0 Å². The second kappa shape index (κ2) is 4.63. The Bertz CT molecular complexity index is 411. The number of benzene rings is 1. The summed E-state index contributed by atoms with van der Waals surface area (Å²) < 4.78 is 15.2. The van der Waals surface area contributed by atoms with Crippen molar-refractivity contribution in [2.75, 3.05) is 0 Å². The molecule has 1 aromatic rings. The fourth-order valence-corrected chi connectivity index (χ4v) is 3.01. The summed E-state index contributed by atoms with van der Waals surface area (Å²) in [6, 6.07) is 6.83. The van der Waals surface area contributed by atoms with Crippen molar-refractivity contribution < 1.29 is 4.55 Å². The van der Waals surface area contributed by atoms with Gasteiger partial charge in [0.25, 0.3) is 0 Å². The molecule has 1 aliphatic carbocycles. The van der Waals surface area contributed by atoms with Crippen molar-refractivity contribution >= 4 is 11.4 Å². The molecule has 0 heterocycles. The maximum absolute atomic E-state index is 12.1. The van der Waals surface area contributed by atoms with Gasteiger partial charge in [0, 0.05) is 11.4 Å². The minimum atomic E-state index is -0.991. The summed E-state index contributed by atoms with van der Waals surface area (Å²) in [6.45, 7) is 8.11. The van der Waals surface area contributed by atoms with Gasteiger partial charge in [-0.1, -0.05) is 23.8 Å². The van der Waals surface area contributed by atoms with E-state index in [1.165, 1.54) is 16.7 Å². The second-order valence-electron chi connectivity index (χ2n) is 5.79. The summed E-state index contributed by atoms with van der Waals surface area (Å²) in [4.78, 5) is 0. The number of aryl methyl sites for hydroxylation is 2. The summed E-state index contributed by atoms with van der Waals surface area (Å²) >= 11 is -0.991. The number of nitrogens with one attached hydrogen (secondary N) is 1.